The minimum atomic E-state index is -0.386. The maximum atomic E-state index is 10.6. The number of non-ortho nitro benzene ring substituents is 1. The van der Waals surface area contributed by atoms with Crippen LogP contribution in [0.25, 0.3) is 0 Å². The van der Waals surface area contributed by atoms with Gasteiger partial charge in [0, 0.05) is 12.1 Å². The van der Waals surface area contributed by atoms with Crippen molar-refractivity contribution in [1.82, 2.24) is 4.90 Å². The van der Waals surface area contributed by atoms with Crippen LogP contribution in [0.2, 0.25) is 0 Å². The molecule has 1 N–H and O–H groups in total. The van der Waals surface area contributed by atoms with E-state index >= 15 is 0 Å². The molecule has 1 atom stereocenters. The number of aliphatic hydroxyl groups excluding tert-OH is 1. The number of likely N-dealkylation sites (N-methyl/N-ethyl adjacent to an activating group) is 1. The Morgan fingerprint density at radius 2 is 1.75 bits per heavy atom. The summed E-state index contributed by atoms with van der Waals surface area (Å²) in [5.74, 6) is 0. The number of benzene rings is 2. The number of rotatable bonds is 8. The highest BCUT2D eigenvalue weighted by Gasteiger charge is 2.15. The monoisotopic (exact) mass is 350 g/mol. The van der Waals surface area contributed by atoms with Crippen LogP contribution in [-0.4, -0.2) is 35.1 Å². The number of nitro benzene ring substituents is 1. The largest absolute Gasteiger partial charge is 0.394 e. The minimum Gasteiger partial charge on any atom is -0.394 e. The third-order valence-electron chi connectivity index (χ3n) is 4.01. The molecule has 130 valence electrons. The number of aliphatic hydroxyl groups is 1. The van der Waals surface area contributed by atoms with E-state index in [1.54, 1.807) is 24.3 Å². The van der Waals surface area contributed by atoms with Gasteiger partial charge in [-0.3, -0.25) is 15.0 Å². The van der Waals surface area contributed by atoms with Gasteiger partial charge in [-0.1, -0.05) is 42.5 Å². The Kier molecular flexibility index (Phi) is 8.40. The zero-order valence-electron chi connectivity index (χ0n) is 13.7. The van der Waals surface area contributed by atoms with Crippen LogP contribution >= 0.6 is 12.4 Å². The number of nitrogens with zero attached hydrogens (tertiary/aromatic N) is 2. The van der Waals surface area contributed by atoms with Crippen LogP contribution in [0.3, 0.4) is 0 Å². The average molecular weight is 351 g/mol. The molecule has 24 heavy (non-hydrogen) atoms. The minimum absolute atomic E-state index is 0. The molecule has 2 aromatic carbocycles. The van der Waals surface area contributed by atoms with Gasteiger partial charge in [0.05, 0.1) is 17.6 Å². The first-order valence-electron chi connectivity index (χ1n) is 7.71. The Balaban J connectivity index is 0.00000288. The summed E-state index contributed by atoms with van der Waals surface area (Å²) in [6.45, 7) is 0.926. The summed E-state index contributed by atoms with van der Waals surface area (Å²) in [5, 5.41) is 20.3. The van der Waals surface area contributed by atoms with Crippen molar-refractivity contribution >= 4 is 18.1 Å². The molecule has 0 radical (unpaired) electrons. The summed E-state index contributed by atoms with van der Waals surface area (Å²) < 4.78 is 0. The predicted molar refractivity (Wildman–Crippen MR) is 97.6 cm³/mol. The lowest BCUT2D eigenvalue weighted by atomic mass is 10.1. The van der Waals surface area contributed by atoms with Crippen molar-refractivity contribution in [1.29, 1.82) is 0 Å². The Morgan fingerprint density at radius 3 is 2.29 bits per heavy atom. The second-order valence-electron chi connectivity index (χ2n) is 5.62. The second kappa shape index (κ2) is 10.0. The first-order chi connectivity index (χ1) is 11.1. The number of hydrogen-bond acceptors (Lipinski definition) is 4. The van der Waals surface area contributed by atoms with Gasteiger partial charge in [-0.05, 0) is 37.6 Å². The van der Waals surface area contributed by atoms with Crippen LogP contribution in [0.4, 0.5) is 5.69 Å². The Bertz CT molecular complexity index is 620. The maximum absolute atomic E-state index is 10.6. The van der Waals surface area contributed by atoms with Gasteiger partial charge in [0.15, 0.2) is 0 Å². The van der Waals surface area contributed by atoms with E-state index in [1.807, 2.05) is 37.4 Å². The summed E-state index contributed by atoms with van der Waals surface area (Å²) in [5.41, 5.74) is 2.31. The smallest absolute Gasteiger partial charge is 0.269 e. The molecule has 2 aromatic rings. The Labute approximate surface area is 148 Å². The highest BCUT2D eigenvalue weighted by Crippen LogP contribution is 2.19. The van der Waals surface area contributed by atoms with Crippen LogP contribution in [0.15, 0.2) is 54.6 Å². The summed E-state index contributed by atoms with van der Waals surface area (Å²) >= 11 is 0. The molecule has 0 aromatic heterocycles. The summed E-state index contributed by atoms with van der Waals surface area (Å²) in [6, 6.07) is 16.6. The van der Waals surface area contributed by atoms with Gasteiger partial charge in [-0.25, -0.2) is 0 Å². The molecule has 6 heteroatoms. The number of aryl methyl sites for hydroxylation is 1. The highest BCUT2D eigenvalue weighted by molar-refractivity contribution is 5.85. The fraction of sp³-hybridized carbons (Fsp3) is 0.333. The summed E-state index contributed by atoms with van der Waals surface area (Å²) in [4.78, 5) is 12.4. The molecule has 0 aliphatic heterocycles. The molecule has 5 nitrogen and oxygen atoms in total. The molecular formula is C18H23ClN2O3. The molecule has 2 rings (SSSR count). The summed E-state index contributed by atoms with van der Waals surface area (Å²) in [6.07, 6.45) is 1.78. The molecule has 0 aliphatic rings. The molecule has 0 fully saturated rings. The van der Waals surface area contributed by atoms with Crippen molar-refractivity contribution in [3.8, 4) is 0 Å². The van der Waals surface area contributed by atoms with E-state index in [0.717, 1.165) is 30.5 Å². The molecule has 0 bridgehead atoms. The van der Waals surface area contributed by atoms with Crippen molar-refractivity contribution in [3.63, 3.8) is 0 Å². The molecule has 0 amide bonds. The maximum Gasteiger partial charge on any atom is 0.269 e. The van der Waals surface area contributed by atoms with E-state index in [-0.39, 0.29) is 35.7 Å². The highest BCUT2D eigenvalue weighted by atomic mass is 35.5. The lowest BCUT2D eigenvalue weighted by Gasteiger charge is -2.26. The molecule has 0 saturated heterocycles. The van der Waals surface area contributed by atoms with Crippen LogP contribution in [0.1, 0.15) is 23.6 Å². The standard InChI is InChI=1S/C18H22N2O3.ClH/c1-19(18(14-21)16-7-3-2-4-8-16)13-5-6-15-9-11-17(12-10-15)20(22)23;/h2-4,7-12,18,21H,5-6,13-14H2,1H3;1H. The third-order valence-corrected chi connectivity index (χ3v) is 4.01. The zero-order chi connectivity index (χ0) is 16.7. The van der Waals surface area contributed by atoms with Crippen LogP contribution in [0.5, 0.6) is 0 Å². The van der Waals surface area contributed by atoms with Crippen molar-refractivity contribution in [2.75, 3.05) is 20.2 Å². The van der Waals surface area contributed by atoms with Gasteiger partial charge >= 0.3 is 0 Å². The zero-order valence-corrected chi connectivity index (χ0v) is 14.5. The molecule has 0 saturated carbocycles. The predicted octanol–water partition coefficient (Wildman–Crippen LogP) is 3.61. The quantitative estimate of drug-likeness (QED) is 0.583. The molecule has 0 aliphatic carbocycles. The Hall–Kier alpha value is -1.95. The van der Waals surface area contributed by atoms with E-state index in [9.17, 15) is 15.2 Å². The van der Waals surface area contributed by atoms with E-state index in [1.165, 1.54) is 0 Å². The van der Waals surface area contributed by atoms with Gasteiger partial charge in [-0.2, -0.15) is 0 Å². The normalized spacial score (nSPS) is 11.8. The van der Waals surface area contributed by atoms with Gasteiger partial charge in [0.25, 0.3) is 5.69 Å². The lowest BCUT2D eigenvalue weighted by molar-refractivity contribution is -0.384. The molecule has 0 spiro atoms. The first-order valence-corrected chi connectivity index (χ1v) is 7.71. The first kappa shape index (κ1) is 20.1. The van der Waals surface area contributed by atoms with Crippen molar-refractivity contribution in [2.24, 2.45) is 0 Å². The fourth-order valence-corrected chi connectivity index (χ4v) is 2.65. The van der Waals surface area contributed by atoms with E-state index in [2.05, 4.69) is 4.90 Å². The van der Waals surface area contributed by atoms with Gasteiger partial charge in [-0.15, -0.1) is 12.4 Å². The average Bonchev–Trinajstić information content (AvgIpc) is 2.57. The third kappa shape index (κ3) is 5.60. The van der Waals surface area contributed by atoms with Gasteiger partial charge in [0.1, 0.15) is 0 Å². The van der Waals surface area contributed by atoms with Crippen LogP contribution in [0, 0.1) is 10.1 Å². The van der Waals surface area contributed by atoms with Crippen molar-refractivity contribution < 1.29 is 10.0 Å². The van der Waals surface area contributed by atoms with E-state index in [4.69, 9.17) is 0 Å². The topological polar surface area (TPSA) is 66.6 Å². The number of halogens is 1. The molecular weight excluding hydrogens is 328 g/mol. The number of hydrogen-bond donors (Lipinski definition) is 1. The van der Waals surface area contributed by atoms with Gasteiger partial charge < -0.3 is 5.11 Å². The van der Waals surface area contributed by atoms with Crippen molar-refractivity contribution in [2.45, 2.75) is 18.9 Å². The second-order valence-corrected chi connectivity index (χ2v) is 5.62. The SMILES string of the molecule is CN(CCCc1ccc([N+](=O)[O-])cc1)C(CO)c1ccccc1.Cl. The van der Waals surface area contributed by atoms with Crippen LogP contribution in [-0.2, 0) is 6.42 Å². The van der Waals surface area contributed by atoms with Crippen LogP contribution < -0.4 is 0 Å². The van der Waals surface area contributed by atoms with Gasteiger partial charge in [0.2, 0.25) is 0 Å². The summed E-state index contributed by atoms with van der Waals surface area (Å²) in [7, 11) is 2.00. The Morgan fingerprint density at radius 1 is 1.12 bits per heavy atom. The molecule has 0 heterocycles. The lowest BCUT2D eigenvalue weighted by Crippen LogP contribution is -2.28. The number of nitro groups is 1. The van der Waals surface area contributed by atoms with E-state index < -0.39 is 0 Å². The fourth-order valence-electron chi connectivity index (χ4n) is 2.65. The van der Waals surface area contributed by atoms with E-state index in [0.29, 0.717) is 0 Å². The van der Waals surface area contributed by atoms with Crippen molar-refractivity contribution in [3.05, 3.63) is 75.8 Å². The molecule has 1 unspecified atom stereocenters.